The van der Waals surface area contributed by atoms with Crippen LogP contribution >= 0.6 is 0 Å². The van der Waals surface area contributed by atoms with Crippen LogP contribution < -0.4 is 15.1 Å². The minimum atomic E-state index is -0.438. The summed E-state index contributed by atoms with van der Waals surface area (Å²) in [6, 6.07) is 31.5. The summed E-state index contributed by atoms with van der Waals surface area (Å²) in [5, 5.41) is 0.789. The van der Waals surface area contributed by atoms with Gasteiger partial charge >= 0.3 is 5.63 Å². The lowest BCUT2D eigenvalue weighted by molar-refractivity contribution is 0.255. The van der Waals surface area contributed by atoms with Crippen molar-refractivity contribution < 1.29 is 13.9 Å². The van der Waals surface area contributed by atoms with Crippen molar-refractivity contribution in [2.24, 2.45) is 0 Å². The third-order valence-electron chi connectivity index (χ3n) is 5.93. The Kier molecular flexibility index (Phi) is 6.36. The standard InChI is InChI=1S/C31H26O4/c1-21-8-12-23(13-9-21)19-33-28-17-16-26-27(25-6-4-3-5-7-25)18-29(32)35-30(26)31(28)34-20-24-14-10-22(2)11-15-24/h3-18H,19-20H2,1-2H3. The first-order valence-corrected chi connectivity index (χ1v) is 11.6. The number of fused-ring (bicyclic) bond motifs is 1. The molecule has 0 bridgehead atoms. The quantitative estimate of drug-likeness (QED) is 0.239. The minimum Gasteiger partial charge on any atom is -0.485 e. The van der Waals surface area contributed by atoms with Gasteiger partial charge in [-0.3, -0.25) is 0 Å². The van der Waals surface area contributed by atoms with Gasteiger partial charge in [-0.1, -0.05) is 90.0 Å². The summed E-state index contributed by atoms with van der Waals surface area (Å²) >= 11 is 0. The second-order valence-electron chi connectivity index (χ2n) is 8.66. The Bertz CT molecular complexity index is 1500. The number of aryl methyl sites for hydroxylation is 2. The zero-order chi connectivity index (χ0) is 24.2. The van der Waals surface area contributed by atoms with Crippen LogP contribution in [0.5, 0.6) is 11.5 Å². The molecule has 4 aromatic carbocycles. The third-order valence-corrected chi connectivity index (χ3v) is 5.93. The van der Waals surface area contributed by atoms with Gasteiger partial charge in [0.2, 0.25) is 5.75 Å². The van der Waals surface area contributed by atoms with E-state index in [1.165, 1.54) is 17.2 Å². The molecule has 5 aromatic rings. The van der Waals surface area contributed by atoms with Gasteiger partial charge in [0.05, 0.1) is 0 Å². The Morgan fingerprint density at radius 1 is 0.686 bits per heavy atom. The summed E-state index contributed by atoms with van der Waals surface area (Å²) in [7, 11) is 0. The average Bonchev–Trinajstić information content (AvgIpc) is 2.88. The summed E-state index contributed by atoms with van der Waals surface area (Å²) in [4.78, 5) is 12.6. The molecule has 0 saturated heterocycles. The average molecular weight is 463 g/mol. The molecule has 174 valence electrons. The van der Waals surface area contributed by atoms with Crippen molar-refractivity contribution in [3.05, 3.63) is 130 Å². The molecule has 0 aliphatic heterocycles. The molecule has 0 fully saturated rings. The van der Waals surface area contributed by atoms with E-state index in [4.69, 9.17) is 13.9 Å². The van der Waals surface area contributed by atoms with Crippen molar-refractivity contribution >= 4 is 11.0 Å². The second-order valence-corrected chi connectivity index (χ2v) is 8.66. The first-order chi connectivity index (χ1) is 17.1. The van der Waals surface area contributed by atoms with Crippen LogP contribution in [-0.2, 0) is 13.2 Å². The van der Waals surface area contributed by atoms with Gasteiger partial charge in [-0.05, 0) is 48.2 Å². The van der Waals surface area contributed by atoms with Gasteiger partial charge in [0, 0.05) is 11.5 Å². The van der Waals surface area contributed by atoms with Gasteiger partial charge in [0.25, 0.3) is 0 Å². The van der Waals surface area contributed by atoms with Crippen LogP contribution in [0.25, 0.3) is 22.1 Å². The number of ether oxygens (including phenoxy) is 2. The molecule has 5 rings (SSSR count). The maximum Gasteiger partial charge on any atom is 0.336 e. The Labute approximate surface area is 204 Å². The number of benzene rings is 4. The lowest BCUT2D eigenvalue weighted by Gasteiger charge is -2.16. The van der Waals surface area contributed by atoms with E-state index in [0.717, 1.165) is 27.6 Å². The van der Waals surface area contributed by atoms with Crippen LogP contribution in [0.2, 0.25) is 0 Å². The molecule has 35 heavy (non-hydrogen) atoms. The SMILES string of the molecule is Cc1ccc(COc2ccc3c(-c4ccccc4)cc(=O)oc3c2OCc2ccc(C)cc2)cc1. The van der Waals surface area contributed by atoms with Crippen molar-refractivity contribution in [2.75, 3.05) is 0 Å². The van der Waals surface area contributed by atoms with Crippen LogP contribution in [0.1, 0.15) is 22.3 Å². The molecule has 0 saturated carbocycles. The van der Waals surface area contributed by atoms with Crippen LogP contribution in [-0.4, -0.2) is 0 Å². The smallest absolute Gasteiger partial charge is 0.336 e. The fourth-order valence-corrected chi connectivity index (χ4v) is 3.98. The fraction of sp³-hybridized carbons (Fsp3) is 0.129. The topological polar surface area (TPSA) is 48.7 Å². The zero-order valence-electron chi connectivity index (χ0n) is 19.8. The molecule has 0 aliphatic rings. The Morgan fingerprint density at radius 3 is 1.91 bits per heavy atom. The Hall–Kier alpha value is -4.31. The molecule has 0 amide bonds. The predicted molar refractivity (Wildman–Crippen MR) is 139 cm³/mol. The third kappa shape index (κ3) is 5.12. The van der Waals surface area contributed by atoms with Crippen molar-refractivity contribution in [3.8, 4) is 22.6 Å². The van der Waals surface area contributed by atoms with E-state index in [-0.39, 0.29) is 0 Å². The van der Waals surface area contributed by atoms with E-state index in [1.54, 1.807) is 0 Å². The van der Waals surface area contributed by atoms with Crippen molar-refractivity contribution in [3.63, 3.8) is 0 Å². The highest BCUT2D eigenvalue weighted by atomic mass is 16.5. The van der Waals surface area contributed by atoms with E-state index in [1.807, 2.05) is 85.8 Å². The molecule has 0 N–H and O–H groups in total. The first kappa shape index (κ1) is 22.5. The fourth-order valence-electron chi connectivity index (χ4n) is 3.98. The Balaban J connectivity index is 1.57. The second kappa shape index (κ2) is 9.90. The molecular formula is C31H26O4. The number of hydrogen-bond acceptors (Lipinski definition) is 4. The first-order valence-electron chi connectivity index (χ1n) is 11.6. The molecule has 0 spiro atoms. The molecule has 4 heteroatoms. The van der Waals surface area contributed by atoms with Crippen molar-refractivity contribution in [1.82, 2.24) is 0 Å². The van der Waals surface area contributed by atoms with Crippen LogP contribution in [0.4, 0.5) is 0 Å². The summed E-state index contributed by atoms with van der Waals surface area (Å²) in [6.45, 7) is 4.79. The Morgan fingerprint density at radius 2 is 1.29 bits per heavy atom. The normalized spacial score (nSPS) is 10.9. The van der Waals surface area contributed by atoms with Crippen LogP contribution in [0.15, 0.2) is 106 Å². The predicted octanol–water partition coefficient (Wildman–Crippen LogP) is 7.23. The van der Waals surface area contributed by atoms with E-state index in [2.05, 4.69) is 19.1 Å². The van der Waals surface area contributed by atoms with E-state index in [9.17, 15) is 4.79 Å². The molecule has 1 heterocycles. The van der Waals surface area contributed by atoms with Gasteiger partial charge in [-0.15, -0.1) is 0 Å². The minimum absolute atomic E-state index is 0.319. The zero-order valence-corrected chi connectivity index (χ0v) is 19.8. The molecule has 0 aliphatic carbocycles. The highest BCUT2D eigenvalue weighted by Gasteiger charge is 2.18. The van der Waals surface area contributed by atoms with Gasteiger partial charge in [0.1, 0.15) is 13.2 Å². The molecule has 0 atom stereocenters. The highest BCUT2D eigenvalue weighted by molar-refractivity contribution is 5.97. The van der Waals surface area contributed by atoms with E-state index >= 15 is 0 Å². The monoisotopic (exact) mass is 462 g/mol. The summed E-state index contributed by atoms with van der Waals surface area (Å²) in [5.74, 6) is 0.948. The molecule has 4 nitrogen and oxygen atoms in total. The van der Waals surface area contributed by atoms with Crippen LogP contribution in [0, 0.1) is 13.8 Å². The van der Waals surface area contributed by atoms with Gasteiger partial charge < -0.3 is 13.9 Å². The lowest BCUT2D eigenvalue weighted by Crippen LogP contribution is -2.04. The molecule has 0 unspecified atom stereocenters. The summed E-state index contributed by atoms with van der Waals surface area (Å²) in [5.41, 5.74) is 6.09. The largest absolute Gasteiger partial charge is 0.485 e. The van der Waals surface area contributed by atoms with Crippen LogP contribution in [0.3, 0.4) is 0 Å². The number of rotatable bonds is 7. The summed E-state index contributed by atoms with van der Waals surface area (Å²) in [6.07, 6.45) is 0. The molecule has 0 radical (unpaired) electrons. The van der Waals surface area contributed by atoms with Crippen molar-refractivity contribution in [2.45, 2.75) is 27.1 Å². The van der Waals surface area contributed by atoms with E-state index in [0.29, 0.717) is 30.3 Å². The highest BCUT2D eigenvalue weighted by Crippen LogP contribution is 2.39. The van der Waals surface area contributed by atoms with Gasteiger partial charge in [-0.2, -0.15) is 0 Å². The lowest BCUT2D eigenvalue weighted by atomic mass is 10.0. The maximum atomic E-state index is 12.6. The summed E-state index contributed by atoms with van der Waals surface area (Å²) < 4.78 is 18.2. The maximum absolute atomic E-state index is 12.6. The molecular weight excluding hydrogens is 436 g/mol. The van der Waals surface area contributed by atoms with Gasteiger partial charge in [-0.25, -0.2) is 4.79 Å². The number of hydrogen-bond donors (Lipinski definition) is 0. The van der Waals surface area contributed by atoms with E-state index < -0.39 is 5.63 Å². The van der Waals surface area contributed by atoms with Crippen molar-refractivity contribution in [1.29, 1.82) is 0 Å². The molecule has 1 aromatic heterocycles. The van der Waals surface area contributed by atoms with Gasteiger partial charge in [0.15, 0.2) is 11.3 Å².